The monoisotopic (exact) mass is 680 g/mol. The maximum Gasteiger partial charge on any atom is 0.320 e. The summed E-state index contributed by atoms with van der Waals surface area (Å²) in [5.74, 6) is -5.67. The molecule has 3 unspecified atom stereocenters. The van der Waals surface area contributed by atoms with Gasteiger partial charge in [-0.15, -0.1) is 0 Å². The van der Waals surface area contributed by atoms with Crippen molar-refractivity contribution in [3.63, 3.8) is 0 Å². The van der Waals surface area contributed by atoms with Crippen LogP contribution in [0.5, 0.6) is 0 Å². The van der Waals surface area contributed by atoms with Gasteiger partial charge in [-0.3, -0.25) is 33.6 Å². The zero-order chi connectivity index (χ0) is 35.9. The molecule has 0 bridgehead atoms. The van der Waals surface area contributed by atoms with Crippen LogP contribution in [0.15, 0.2) is 24.3 Å². The molecule has 0 aromatic heterocycles. The van der Waals surface area contributed by atoms with Crippen molar-refractivity contribution in [2.75, 3.05) is 52.3 Å². The van der Waals surface area contributed by atoms with E-state index in [9.17, 15) is 38.7 Å². The highest BCUT2D eigenvalue weighted by Crippen LogP contribution is 2.15. The van der Waals surface area contributed by atoms with Gasteiger partial charge >= 0.3 is 11.9 Å². The molecule has 0 saturated carbocycles. The second-order valence-corrected chi connectivity index (χ2v) is 10.9. The minimum atomic E-state index is -1.21. The minimum Gasteiger partial charge on any atom is -0.481 e. The molecule has 0 aliphatic rings. The Bertz CT molecular complexity index is 1210. The molecule has 1 aromatic rings. The molecule has 268 valence electrons. The van der Waals surface area contributed by atoms with Gasteiger partial charge in [0.05, 0.1) is 25.7 Å². The molecule has 10 N–H and O–H groups in total. The maximum absolute atomic E-state index is 12.2. The maximum atomic E-state index is 12.2. The number of ketones is 1. The highest BCUT2D eigenvalue weighted by Gasteiger charge is 2.24. The van der Waals surface area contributed by atoms with E-state index in [1.54, 1.807) is 24.3 Å². The van der Waals surface area contributed by atoms with Crippen molar-refractivity contribution in [3.8, 4) is 0 Å². The van der Waals surface area contributed by atoms with E-state index in [2.05, 4.69) is 21.3 Å². The fourth-order valence-corrected chi connectivity index (χ4v) is 4.36. The van der Waals surface area contributed by atoms with Gasteiger partial charge in [-0.05, 0) is 63.4 Å². The van der Waals surface area contributed by atoms with E-state index in [0.29, 0.717) is 30.6 Å². The Morgan fingerprint density at radius 1 is 0.771 bits per heavy atom. The Morgan fingerprint density at radius 2 is 1.46 bits per heavy atom. The summed E-state index contributed by atoms with van der Waals surface area (Å²) in [7, 11) is 1.45. The molecule has 48 heavy (non-hydrogen) atoms. The largest absolute Gasteiger partial charge is 0.481 e. The number of carboxylic acids is 2. The topological polar surface area (TPSA) is 279 Å². The van der Waals surface area contributed by atoms with Crippen LogP contribution in [0, 0.1) is 5.92 Å². The van der Waals surface area contributed by atoms with Crippen LogP contribution in [-0.2, 0) is 38.2 Å². The van der Waals surface area contributed by atoms with Crippen molar-refractivity contribution in [1.82, 2.24) is 21.3 Å². The number of unbranched alkanes of at least 4 members (excludes halogenated alkanes) is 1. The van der Waals surface area contributed by atoms with E-state index < -0.39 is 53.4 Å². The van der Waals surface area contributed by atoms with Crippen molar-refractivity contribution in [2.45, 2.75) is 63.5 Å². The Balaban J connectivity index is 2.15. The lowest BCUT2D eigenvalue weighted by molar-refractivity contribution is -0.144. The lowest BCUT2D eigenvalue weighted by atomic mass is 9.94. The molecule has 0 radical (unpaired) electrons. The van der Waals surface area contributed by atoms with Crippen LogP contribution in [0.3, 0.4) is 0 Å². The molecule has 0 aliphatic heterocycles. The second-order valence-electron chi connectivity index (χ2n) is 10.9. The van der Waals surface area contributed by atoms with Crippen molar-refractivity contribution in [1.29, 1.82) is 0 Å². The molecule has 0 aliphatic carbocycles. The first-order valence-corrected chi connectivity index (χ1v) is 15.6. The minimum absolute atomic E-state index is 0.0311. The number of hydrogen-bond acceptors (Lipinski definition) is 11. The van der Waals surface area contributed by atoms with Crippen LogP contribution in [0.4, 0.5) is 5.69 Å². The number of rotatable bonds is 27. The Kier molecular flexibility index (Phi) is 20.4. The summed E-state index contributed by atoms with van der Waals surface area (Å²) < 4.78 is 10.6. The number of carbonyl (C=O) groups is 7. The normalized spacial score (nSPS) is 12.7. The molecule has 0 heterocycles. The number of amides is 4. The number of ether oxygens (including phenoxy) is 2. The van der Waals surface area contributed by atoms with Crippen molar-refractivity contribution < 1.29 is 53.2 Å². The van der Waals surface area contributed by atoms with E-state index in [0.717, 1.165) is 0 Å². The lowest BCUT2D eigenvalue weighted by Crippen LogP contribution is -2.45. The van der Waals surface area contributed by atoms with Crippen LogP contribution < -0.4 is 32.7 Å². The van der Waals surface area contributed by atoms with Gasteiger partial charge in [-0.2, -0.15) is 0 Å². The molecule has 17 nitrogen and oxygen atoms in total. The average molecular weight is 681 g/mol. The Hall–Kier alpha value is -4.61. The van der Waals surface area contributed by atoms with E-state index in [-0.39, 0.29) is 77.4 Å². The summed E-state index contributed by atoms with van der Waals surface area (Å²) in [5.41, 5.74) is 12.0. The highest BCUT2D eigenvalue weighted by molar-refractivity contribution is 5.94. The predicted octanol–water partition coefficient (Wildman–Crippen LogP) is -0.819. The standard InChI is InChI=1S/C31H48N6O11/c1-34-25(31(45)46)11-10-23(38)18-21(30(43)44)7-12-26(39)35-14-15-47-16-17-48-19-27(40)37-24(28(33)41)4-2-3-13-36-29(42)20-5-8-22(32)9-6-20/h5-6,8-9,21,24-25,34H,2-4,7,10-19,32H2,1H3,(H2,33,41)(H,35,39)(H,36,42)(H,37,40)(H,43,44)(H,45,46). The summed E-state index contributed by atoms with van der Waals surface area (Å²) >= 11 is 0. The number of primary amides is 1. The molecule has 0 spiro atoms. The predicted molar refractivity (Wildman–Crippen MR) is 173 cm³/mol. The van der Waals surface area contributed by atoms with E-state index in [1.807, 2.05) is 0 Å². The van der Waals surface area contributed by atoms with Crippen molar-refractivity contribution in [2.24, 2.45) is 11.7 Å². The first-order chi connectivity index (χ1) is 22.8. The quantitative estimate of drug-likeness (QED) is 0.0417. The van der Waals surface area contributed by atoms with Gasteiger partial charge in [-0.25, -0.2) is 0 Å². The van der Waals surface area contributed by atoms with Crippen molar-refractivity contribution in [3.05, 3.63) is 29.8 Å². The van der Waals surface area contributed by atoms with Gasteiger partial charge in [-0.1, -0.05) is 0 Å². The van der Waals surface area contributed by atoms with Crippen LogP contribution in [0.1, 0.15) is 61.7 Å². The molecular weight excluding hydrogens is 632 g/mol. The Morgan fingerprint density at radius 3 is 2.08 bits per heavy atom. The number of aliphatic carboxylic acids is 2. The fraction of sp³-hybridized carbons (Fsp3) is 0.581. The summed E-state index contributed by atoms with van der Waals surface area (Å²) in [6.45, 7) is 0.491. The summed E-state index contributed by atoms with van der Waals surface area (Å²) in [5, 5.41) is 28.8. The molecule has 3 atom stereocenters. The van der Waals surface area contributed by atoms with Gasteiger partial charge < -0.3 is 52.4 Å². The van der Waals surface area contributed by atoms with Gasteiger partial charge in [0.1, 0.15) is 24.5 Å². The van der Waals surface area contributed by atoms with E-state index in [4.69, 9.17) is 26.0 Å². The third-order valence-corrected chi connectivity index (χ3v) is 7.13. The number of nitrogen functional groups attached to an aromatic ring is 1. The number of benzene rings is 1. The number of likely N-dealkylation sites (N-methyl/N-ethyl adjacent to an activating group) is 1. The lowest BCUT2D eigenvalue weighted by Gasteiger charge is -2.15. The molecule has 4 amide bonds. The number of nitrogens with one attached hydrogen (secondary N) is 4. The molecule has 1 rings (SSSR count). The smallest absolute Gasteiger partial charge is 0.320 e. The van der Waals surface area contributed by atoms with Crippen molar-refractivity contribution >= 4 is 47.0 Å². The molecule has 1 aromatic carbocycles. The average Bonchev–Trinajstić information content (AvgIpc) is 3.03. The zero-order valence-electron chi connectivity index (χ0n) is 27.2. The fourth-order valence-electron chi connectivity index (χ4n) is 4.36. The van der Waals surface area contributed by atoms with Gasteiger partial charge in [0.2, 0.25) is 17.7 Å². The van der Waals surface area contributed by atoms with E-state index >= 15 is 0 Å². The first kappa shape index (κ1) is 41.4. The molecule has 17 heteroatoms. The van der Waals surface area contributed by atoms with Gasteiger partial charge in [0, 0.05) is 43.6 Å². The number of hydrogen-bond donors (Lipinski definition) is 8. The SMILES string of the molecule is CNC(CCC(=O)CC(CCC(=O)NCCOCCOCC(=O)NC(CCCCNC(=O)c1ccc(N)cc1)C(N)=O)C(=O)O)C(=O)O. The number of anilines is 1. The van der Waals surface area contributed by atoms with Crippen LogP contribution in [0.2, 0.25) is 0 Å². The van der Waals surface area contributed by atoms with Crippen LogP contribution in [-0.4, -0.2) is 110 Å². The summed E-state index contributed by atoms with van der Waals surface area (Å²) in [6, 6.07) is 4.70. The van der Waals surface area contributed by atoms with Gasteiger partial charge in [0.15, 0.2) is 0 Å². The number of carboxylic acid groups (broad SMARTS) is 2. The zero-order valence-corrected chi connectivity index (χ0v) is 27.2. The molecule has 0 saturated heterocycles. The molecule has 0 fully saturated rings. The van der Waals surface area contributed by atoms with Crippen LogP contribution >= 0.6 is 0 Å². The second kappa shape index (κ2) is 23.7. The van der Waals surface area contributed by atoms with E-state index in [1.165, 1.54) is 7.05 Å². The number of nitrogens with two attached hydrogens (primary N) is 2. The summed E-state index contributed by atoms with van der Waals surface area (Å²) in [6.07, 6.45) is 0.837. The highest BCUT2D eigenvalue weighted by atomic mass is 16.5. The number of Topliss-reactive ketones (excluding diaryl/α,β-unsaturated/α-hetero) is 1. The van der Waals surface area contributed by atoms with Crippen LogP contribution in [0.25, 0.3) is 0 Å². The number of carbonyl (C=O) groups excluding carboxylic acids is 5. The third kappa shape index (κ3) is 18.5. The Labute approximate surface area is 278 Å². The third-order valence-electron chi connectivity index (χ3n) is 7.13. The first-order valence-electron chi connectivity index (χ1n) is 15.6. The summed E-state index contributed by atoms with van der Waals surface area (Å²) in [4.78, 5) is 82.7. The van der Waals surface area contributed by atoms with Gasteiger partial charge in [0.25, 0.3) is 5.91 Å². The molecular formula is C31H48N6O11.